The fourth-order valence-electron chi connectivity index (χ4n) is 3.52. The first-order chi connectivity index (χ1) is 11.9. The lowest BCUT2D eigenvalue weighted by Crippen LogP contribution is -2.49. The molecule has 0 aliphatic carbocycles. The number of esters is 1. The Morgan fingerprint density at radius 3 is 2.56 bits per heavy atom. The minimum Gasteiger partial charge on any atom is -0.467 e. The van der Waals surface area contributed by atoms with Gasteiger partial charge in [-0.15, -0.1) is 6.58 Å². The van der Waals surface area contributed by atoms with E-state index >= 15 is 0 Å². The molecule has 0 bridgehead atoms. The van der Waals surface area contributed by atoms with Gasteiger partial charge in [-0.05, 0) is 18.9 Å². The lowest BCUT2D eigenvalue weighted by molar-refractivity contribution is -0.149. The van der Waals surface area contributed by atoms with Crippen molar-refractivity contribution in [2.24, 2.45) is 5.41 Å². The number of benzene rings is 1. The first-order valence-electron chi connectivity index (χ1n) is 8.22. The lowest BCUT2D eigenvalue weighted by atomic mass is 9.76. The number of carbonyl (C=O) groups excluding carboxylic acids is 2. The molecular formula is C19H25NO5. The van der Waals surface area contributed by atoms with E-state index in [-0.39, 0.29) is 6.61 Å². The minimum absolute atomic E-state index is 0.0883. The predicted octanol–water partition coefficient (Wildman–Crippen LogP) is 2.51. The van der Waals surface area contributed by atoms with Crippen molar-refractivity contribution in [3.8, 4) is 0 Å². The molecule has 2 rings (SSSR count). The van der Waals surface area contributed by atoms with Crippen LogP contribution in [0.2, 0.25) is 0 Å². The molecule has 1 heterocycles. The van der Waals surface area contributed by atoms with Crippen LogP contribution in [0.4, 0.5) is 4.79 Å². The first-order valence-corrected chi connectivity index (χ1v) is 8.22. The van der Waals surface area contributed by atoms with Crippen LogP contribution in [0, 0.1) is 5.41 Å². The number of methoxy groups -OCH3 is 1. The van der Waals surface area contributed by atoms with Crippen LogP contribution in [0.25, 0.3) is 0 Å². The molecule has 1 aliphatic heterocycles. The molecule has 0 saturated carbocycles. The Morgan fingerprint density at radius 2 is 2.00 bits per heavy atom. The second-order valence-corrected chi connectivity index (χ2v) is 6.56. The molecule has 1 fully saturated rings. The van der Waals surface area contributed by atoms with Crippen molar-refractivity contribution in [1.29, 1.82) is 0 Å². The van der Waals surface area contributed by atoms with Crippen LogP contribution in [0.3, 0.4) is 0 Å². The number of likely N-dealkylation sites (tertiary alicyclic amines) is 1. The standard InChI is InChI=1S/C19H25NO5/c1-5-11-19(3)15(17(22)24-4)20(13(2)16(19)21)18(23)25-12-14-9-7-6-8-10-14/h5-10,13,15-16,21H,1,11-12H2,2-4H3/t13-,15-,16?,19+/m1/s1. The summed E-state index contributed by atoms with van der Waals surface area (Å²) in [4.78, 5) is 26.3. The largest absolute Gasteiger partial charge is 0.467 e. The molecule has 136 valence electrons. The monoisotopic (exact) mass is 347 g/mol. The number of allylic oxidation sites excluding steroid dienone is 1. The molecular weight excluding hydrogens is 322 g/mol. The highest BCUT2D eigenvalue weighted by Crippen LogP contribution is 2.44. The Bertz CT molecular complexity index is 632. The molecule has 1 N–H and O–H groups in total. The molecule has 1 saturated heterocycles. The lowest BCUT2D eigenvalue weighted by Gasteiger charge is -2.33. The number of carbonyl (C=O) groups is 2. The minimum atomic E-state index is -0.941. The van der Waals surface area contributed by atoms with E-state index in [2.05, 4.69) is 6.58 Å². The van der Waals surface area contributed by atoms with Gasteiger partial charge in [-0.3, -0.25) is 4.90 Å². The van der Waals surface area contributed by atoms with Gasteiger partial charge in [-0.2, -0.15) is 0 Å². The molecule has 1 aromatic rings. The molecule has 0 radical (unpaired) electrons. The van der Waals surface area contributed by atoms with Crippen LogP contribution < -0.4 is 0 Å². The maximum Gasteiger partial charge on any atom is 0.411 e. The highest BCUT2D eigenvalue weighted by molar-refractivity contribution is 5.83. The zero-order valence-electron chi connectivity index (χ0n) is 14.8. The average Bonchev–Trinajstić information content (AvgIpc) is 2.81. The third-order valence-electron chi connectivity index (χ3n) is 4.90. The van der Waals surface area contributed by atoms with Gasteiger partial charge in [0.15, 0.2) is 0 Å². The van der Waals surface area contributed by atoms with Gasteiger partial charge in [0.2, 0.25) is 0 Å². The van der Waals surface area contributed by atoms with E-state index in [9.17, 15) is 14.7 Å². The van der Waals surface area contributed by atoms with Crippen LogP contribution in [0.5, 0.6) is 0 Å². The summed E-state index contributed by atoms with van der Waals surface area (Å²) in [5.41, 5.74) is -0.0493. The predicted molar refractivity (Wildman–Crippen MR) is 92.7 cm³/mol. The van der Waals surface area contributed by atoms with E-state index in [0.717, 1.165) is 5.56 Å². The van der Waals surface area contributed by atoms with Crippen LogP contribution >= 0.6 is 0 Å². The summed E-state index contributed by atoms with van der Waals surface area (Å²) in [5.74, 6) is -0.579. The Labute approximate surface area is 148 Å². The highest BCUT2D eigenvalue weighted by Gasteiger charge is 2.59. The highest BCUT2D eigenvalue weighted by atomic mass is 16.6. The molecule has 1 aromatic carbocycles. The van der Waals surface area contributed by atoms with E-state index in [1.807, 2.05) is 30.3 Å². The van der Waals surface area contributed by atoms with E-state index < -0.39 is 35.7 Å². The zero-order valence-corrected chi connectivity index (χ0v) is 14.8. The third-order valence-corrected chi connectivity index (χ3v) is 4.90. The number of hydrogen-bond donors (Lipinski definition) is 1. The Balaban J connectivity index is 2.24. The molecule has 6 nitrogen and oxygen atoms in total. The van der Waals surface area contributed by atoms with Crippen LogP contribution in [-0.4, -0.2) is 47.4 Å². The summed E-state index contributed by atoms with van der Waals surface area (Å²) in [6, 6.07) is 7.73. The third kappa shape index (κ3) is 3.54. The van der Waals surface area contributed by atoms with Crippen molar-refractivity contribution >= 4 is 12.1 Å². The Morgan fingerprint density at radius 1 is 1.36 bits per heavy atom. The van der Waals surface area contributed by atoms with Crippen LogP contribution in [-0.2, 0) is 20.9 Å². The van der Waals surface area contributed by atoms with E-state index in [1.165, 1.54) is 12.0 Å². The van der Waals surface area contributed by atoms with Gasteiger partial charge < -0.3 is 14.6 Å². The Kier molecular flexibility index (Phi) is 5.85. The maximum absolute atomic E-state index is 12.7. The van der Waals surface area contributed by atoms with Gasteiger partial charge in [0.1, 0.15) is 12.6 Å². The SMILES string of the molecule is C=CC[C@]1(C)C(O)[C@@H](C)N(C(=O)OCc2ccccc2)[C@@H]1C(=O)OC. The van der Waals surface area contributed by atoms with E-state index in [1.54, 1.807) is 19.9 Å². The van der Waals surface area contributed by atoms with Gasteiger partial charge in [0.05, 0.1) is 19.3 Å². The number of hydrogen-bond acceptors (Lipinski definition) is 5. The molecule has 1 aliphatic rings. The molecule has 0 spiro atoms. The quantitative estimate of drug-likeness (QED) is 0.654. The van der Waals surface area contributed by atoms with Crippen molar-refractivity contribution in [1.82, 2.24) is 4.90 Å². The van der Waals surface area contributed by atoms with E-state index in [4.69, 9.17) is 9.47 Å². The second-order valence-electron chi connectivity index (χ2n) is 6.56. The number of ether oxygens (including phenoxy) is 2. The smallest absolute Gasteiger partial charge is 0.411 e. The summed E-state index contributed by atoms with van der Waals surface area (Å²) in [5, 5.41) is 10.7. The number of nitrogens with zero attached hydrogens (tertiary/aromatic N) is 1. The fourth-order valence-corrected chi connectivity index (χ4v) is 3.52. The summed E-state index contributed by atoms with van der Waals surface area (Å²) in [7, 11) is 1.26. The number of amides is 1. The van der Waals surface area contributed by atoms with Gasteiger partial charge in [0, 0.05) is 5.41 Å². The van der Waals surface area contributed by atoms with Crippen LogP contribution in [0.1, 0.15) is 25.8 Å². The van der Waals surface area contributed by atoms with Crippen molar-refractivity contribution in [2.45, 2.75) is 45.1 Å². The number of aliphatic hydroxyl groups is 1. The van der Waals surface area contributed by atoms with Gasteiger partial charge in [-0.1, -0.05) is 43.3 Å². The zero-order chi connectivity index (χ0) is 18.6. The maximum atomic E-state index is 12.7. The molecule has 4 atom stereocenters. The number of rotatable bonds is 5. The fraction of sp³-hybridized carbons (Fsp3) is 0.474. The number of aliphatic hydroxyl groups excluding tert-OH is 1. The first kappa shape index (κ1) is 19.0. The molecule has 6 heteroatoms. The molecule has 25 heavy (non-hydrogen) atoms. The average molecular weight is 347 g/mol. The van der Waals surface area contributed by atoms with Crippen LogP contribution in [0.15, 0.2) is 43.0 Å². The van der Waals surface area contributed by atoms with E-state index in [0.29, 0.717) is 6.42 Å². The van der Waals surface area contributed by atoms with Crippen molar-refractivity contribution in [2.75, 3.05) is 7.11 Å². The molecule has 0 aromatic heterocycles. The van der Waals surface area contributed by atoms with Gasteiger partial charge in [-0.25, -0.2) is 9.59 Å². The van der Waals surface area contributed by atoms with Gasteiger partial charge in [0.25, 0.3) is 0 Å². The summed E-state index contributed by atoms with van der Waals surface area (Å²) < 4.78 is 10.3. The molecule has 1 unspecified atom stereocenters. The topological polar surface area (TPSA) is 76.1 Å². The molecule has 1 amide bonds. The van der Waals surface area contributed by atoms with Crippen molar-refractivity contribution < 1.29 is 24.2 Å². The normalized spacial score (nSPS) is 28.5. The second kappa shape index (κ2) is 7.70. The van der Waals surface area contributed by atoms with Crippen molar-refractivity contribution in [3.05, 3.63) is 48.6 Å². The van der Waals surface area contributed by atoms with Gasteiger partial charge >= 0.3 is 12.1 Å². The summed E-state index contributed by atoms with van der Waals surface area (Å²) >= 11 is 0. The summed E-state index contributed by atoms with van der Waals surface area (Å²) in [6.07, 6.45) is 0.434. The van der Waals surface area contributed by atoms with Crippen molar-refractivity contribution in [3.63, 3.8) is 0 Å². The summed E-state index contributed by atoms with van der Waals surface area (Å²) in [6.45, 7) is 7.23. The Hall–Kier alpha value is -2.34.